The number of rotatable bonds is 8. The van der Waals surface area contributed by atoms with Gasteiger partial charge in [0.05, 0.1) is 18.8 Å². The molecule has 2 N–H and O–H groups in total. The molecular weight excluding hydrogens is 242 g/mol. The van der Waals surface area contributed by atoms with Crippen molar-refractivity contribution in [2.45, 2.75) is 38.4 Å². The summed E-state index contributed by atoms with van der Waals surface area (Å²) in [5, 5.41) is 6.09. The van der Waals surface area contributed by atoms with Gasteiger partial charge in [-0.2, -0.15) is 0 Å². The van der Waals surface area contributed by atoms with Gasteiger partial charge in [-0.25, -0.2) is 0 Å². The summed E-state index contributed by atoms with van der Waals surface area (Å²) in [7, 11) is 2.14. The van der Waals surface area contributed by atoms with E-state index in [4.69, 9.17) is 4.42 Å². The molecule has 1 atom stereocenters. The van der Waals surface area contributed by atoms with Gasteiger partial charge in [-0.05, 0) is 38.9 Å². The molecule has 19 heavy (non-hydrogen) atoms. The lowest BCUT2D eigenvalue weighted by molar-refractivity contribution is -0.123. The number of nitrogens with zero attached hydrogens (tertiary/aromatic N) is 1. The van der Waals surface area contributed by atoms with Gasteiger partial charge in [-0.3, -0.25) is 4.79 Å². The molecule has 0 bridgehead atoms. The van der Waals surface area contributed by atoms with Crippen LogP contribution in [0.5, 0.6) is 0 Å². The molecule has 1 aromatic heterocycles. The van der Waals surface area contributed by atoms with Gasteiger partial charge in [0.1, 0.15) is 5.76 Å². The van der Waals surface area contributed by atoms with Crippen molar-refractivity contribution in [3.05, 3.63) is 24.2 Å². The SMILES string of the molecule is CC(NCCN(C)C1CC1)C(=O)NCc1ccco1. The molecule has 0 spiro atoms. The van der Waals surface area contributed by atoms with Crippen LogP contribution in [-0.4, -0.2) is 43.0 Å². The van der Waals surface area contributed by atoms with Gasteiger partial charge in [-0.15, -0.1) is 0 Å². The molecule has 1 amide bonds. The van der Waals surface area contributed by atoms with Gasteiger partial charge < -0.3 is 20.0 Å². The van der Waals surface area contributed by atoms with E-state index in [1.54, 1.807) is 6.26 Å². The highest BCUT2D eigenvalue weighted by molar-refractivity contribution is 5.81. The summed E-state index contributed by atoms with van der Waals surface area (Å²) in [5.41, 5.74) is 0. The highest BCUT2D eigenvalue weighted by Crippen LogP contribution is 2.24. The van der Waals surface area contributed by atoms with Crippen LogP contribution < -0.4 is 10.6 Å². The van der Waals surface area contributed by atoms with E-state index in [1.807, 2.05) is 19.1 Å². The average molecular weight is 265 g/mol. The summed E-state index contributed by atoms with van der Waals surface area (Å²) in [4.78, 5) is 14.2. The molecule has 1 saturated carbocycles. The lowest BCUT2D eigenvalue weighted by atomic mass is 10.3. The minimum atomic E-state index is -0.178. The Hall–Kier alpha value is -1.33. The molecule has 1 aromatic rings. The first kappa shape index (κ1) is 14.1. The summed E-state index contributed by atoms with van der Waals surface area (Å²) in [5.74, 6) is 0.777. The van der Waals surface area contributed by atoms with E-state index >= 15 is 0 Å². The Kier molecular flexibility index (Phi) is 4.99. The Balaban J connectivity index is 1.58. The smallest absolute Gasteiger partial charge is 0.237 e. The normalized spacial score (nSPS) is 16.6. The Bertz CT molecular complexity index is 387. The number of nitrogens with one attached hydrogen (secondary N) is 2. The Morgan fingerprint density at radius 1 is 1.58 bits per heavy atom. The molecule has 1 aliphatic carbocycles. The standard InChI is InChI=1S/C14H23N3O2/c1-11(15-7-8-17(2)12-5-6-12)14(18)16-10-13-4-3-9-19-13/h3-4,9,11-12,15H,5-8,10H2,1-2H3,(H,16,18). The molecule has 1 fully saturated rings. The van der Waals surface area contributed by atoms with Crippen LogP contribution in [0.1, 0.15) is 25.5 Å². The van der Waals surface area contributed by atoms with Crippen LogP contribution in [0, 0.1) is 0 Å². The monoisotopic (exact) mass is 265 g/mol. The zero-order valence-electron chi connectivity index (χ0n) is 11.7. The number of carbonyl (C=O) groups is 1. The van der Waals surface area contributed by atoms with Crippen LogP contribution in [-0.2, 0) is 11.3 Å². The Morgan fingerprint density at radius 3 is 3.00 bits per heavy atom. The van der Waals surface area contributed by atoms with Crippen molar-refractivity contribution >= 4 is 5.91 Å². The summed E-state index contributed by atoms with van der Waals surface area (Å²) in [6, 6.07) is 4.26. The first-order valence-corrected chi connectivity index (χ1v) is 6.90. The highest BCUT2D eigenvalue weighted by Gasteiger charge is 2.25. The summed E-state index contributed by atoms with van der Waals surface area (Å²) in [6.45, 7) is 4.15. The average Bonchev–Trinajstić information content (AvgIpc) is 3.13. The lowest BCUT2D eigenvalue weighted by Gasteiger charge is -2.18. The number of likely N-dealkylation sites (N-methyl/N-ethyl adjacent to an activating group) is 1. The Labute approximate surface area is 114 Å². The van der Waals surface area contributed by atoms with Crippen molar-refractivity contribution < 1.29 is 9.21 Å². The molecular formula is C14H23N3O2. The van der Waals surface area contributed by atoms with Crippen molar-refractivity contribution in [3.8, 4) is 0 Å². The fourth-order valence-electron chi connectivity index (χ4n) is 1.99. The van der Waals surface area contributed by atoms with Crippen LogP contribution in [0.2, 0.25) is 0 Å². The molecule has 1 aliphatic rings. The van der Waals surface area contributed by atoms with Gasteiger partial charge in [0.25, 0.3) is 0 Å². The topological polar surface area (TPSA) is 57.5 Å². The second-order valence-corrected chi connectivity index (χ2v) is 5.18. The minimum absolute atomic E-state index is 0.00507. The first-order valence-electron chi connectivity index (χ1n) is 6.90. The maximum Gasteiger partial charge on any atom is 0.237 e. The number of amides is 1. The quantitative estimate of drug-likeness (QED) is 0.735. The fraction of sp³-hybridized carbons (Fsp3) is 0.643. The van der Waals surface area contributed by atoms with Crippen LogP contribution in [0.15, 0.2) is 22.8 Å². The number of furan rings is 1. The maximum absolute atomic E-state index is 11.8. The molecule has 106 valence electrons. The van der Waals surface area contributed by atoms with Crippen LogP contribution in [0.25, 0.3) is 0 Å². The molecule has 1 heterocycles. The van der Waals surface area contributed by atoms with E-state index in [2.05, 4.69) is 22.6 Å². The minimum Gasteiger partial charge on any atom is -0.467 e. The summed E-state index contributed by atoms with van der Waals surface area (Å²) < 4.78 is 5.17. The zero-order valence-corrected chi connectivity index (χ0v) is 11.7. The largest absolute Gasteiger partial charge is 0.467 e. The van der Waals surface area contributed by atoms with Crippen LogP contribution in [0.4, 0.5) is 0 Å². The third kappa shape index (κ3) is 4.69. The molecule has 2 rings (SSSR count). The first-order chi connectivity index (χ1) is 9.16. The highest BCUT2D eigenvalue weighted by atomic mass is 16.3. The number of carbonyl (C=O) groups excluding carboxylic acids is 1. The predicted octanol–water partition coefficient (Wildman–Crippen LogP) is 0.968. The summed E-state index contributed by atoms with van der Waals surface area (Å²) >= 11 is 0. The lowest BCUT2D eigenvalue weighted by Crippen LogP contribution is -2.44. The van der Waals surface area contributed by atoms with Gasteiger partial charge >= 0.3 is 0 Å². The second kappa shape index (κ2) is 6.73. The molecule has 0 saturated heterocycles. The molecule has 5 nitrogen and oxygen atoms in total. The van der Waals surface area contributed by atoms with E-state index in [0.717, 1.165) is 24.9 Å². The van der Waals surface area contributed by atoms with Gasteiger partial charge in [0.2, 0.25) is 5.91 Å². The summed E-state index contributed by atoms with van der Waals surface area (Å²) in [6.07, 6.45) is 4.24. The maximum atomic E-state index is 11.8. The zero-order chi connectivity index (χ0) is 13.7. The van der Waals surface area contributed by atoms with Crippen molar-refractivity contribution in [1.29, 1.82) is 0 Å². The second-order valence-electron chi connectivity index (χ2n) is 5.18. The van der Waals surface area contributed by atoms with E-state index in [1.165, 1.54) is 12.8 Å². The van der Waals surface area contributed by atoms with Crippen LogP contribution in [0.3, 0.4) is 0 Å². The molecule has 1 unspecified atom stereocenters. The van der Waals surface area contributed by atoms with E-state index in [-0.39, 0.29) is 11.9 Å². The molecule has 0 aromatic carbocycles. The van der Waals surface area contributed by atoms with Crippen molar-refractivity contribution in [3.63, 3.8) is 0 Å². The van der Waals surface area contributed by atoms with Gasteiger partial charge in [0, 0.05) is 19.1 Å². The van der Waals surface area contributed by atoms with Gasteiger partial charge in [-0.1, -0.05) is 0 Å². The number of hydrogen-bond acceptors (Lipinski definition) is 4. The molecule has 0 aliphatic heterocycles. The third-order valence-electron chi connectivity index (χ3n) is 3.50. The molecule has 0 radical (unpaired) electrons. The van der Waals surface area contributed by atoms with E-state index in [9.17, 15) is 4.79 Å². The van der Waals surface area contributed by atoms with E-state index in [0.29, 0.717) is 6.54 Å². The predicted molar refractivity (Wildman–Crippen MR) is 73.7 cm³/mol. The fourth-order valence-corrected chi connectivity index (χ4v) is 1.99. The van der Waals surface area contributed by atoms with Crippen LogP contribution >= 0.6 is 0 Å². The molecule has 5 heteroatoms. The Morgan fingerprint density at radius 2 is 2.37 bits per heavy atom. The van der Waals surface area contributed by atoms with Crippen molar-refractivity contribution in [1.82, 2.24) is 15.5 Å². The van der Waals surface area contributed by atoms with E-state index < -0.39 is 0 Å². The van der Waals surface area contributed by atoms with Crippen molar-refractivity contribution in [2.75, 3.05) is 20.1 Å². The van der Waals surface area contributed by atoms with Crippen molar-refractivity contribution in [2.24, 2.45) is 0 Å². The van der Waals surface area contributed by atoms with Gasteiger partial charge in [0.15, 0.2) is 0 Å². The number of hydrogen-bond donors (Lipinski definition) is 2. The third-order valence-corrected chi connectivity index (χ3v) is 3.50.